The van der Waals surface area contributed by atoms with Gasteiger partial charge in [-0.15, -0.1) is 0 Å². The Morgan fingerprint density at radius 2 is 1.75 bits per heavy atom. The fraction of sp³-hybridized carbons (Fsp3) is 0.463. The largest absolute Gasteiger partial charge is 0.366 e. The van der Waals surface area contributed by atoms with Crippen molar-refractivity contribution >= 4 is 78.8 Å². The van der Waals surface area contributed by atoms with E-state index in [1.54, 1.807) is 43.5 Å². The second-order valence-electron chi connectivity index (χ2n) is 16.2. The number of aryl methyl sites for hydroxylation is 1. The number of amides is 6. The maximum atomic E-state index is 13.5. The van der Waals surface area contributed by atoms with Gasteiger partial charge in [0.2, 0.25) is 33.7 Å². The van der Waals surface area contributed by atoms with E-state index in [9.17, 15) is 37.2 Å². The Labute approximate surface area is 357 Å². The third kappa shape index (κ3) is 10.4. The molecule has 19 heteroatoms. The van der Waals surface area contributed by atoms with E-state index in [4.69, 9.17) is 5.73 Å². The second-order valence-corrected chi connectivity index (χ2v) is 19.1. The van der Waals surface area contributed by atoms with E-state index in [0.717, 1.165) is 16.9 Å². The number of hydrogen-bond acceptors (Lipinski definition) is 12. The average Bonchev–Trinajstić information content (AvgIpc) is 3.44. The molecule has 1 atom stereocenters. The average molecular weight is 909 g/mol. The number of benzene rings is 2. The van der Waals surface area contributed by atoms with Gasteiger partial charge in [-0.2, -0.15) is 4.98 Å². The van der Waals surface area contributed by atoms with E-state index in [1.165, 1.54) is 4.31 Å². The van der Waals surface area contributed by atoms with E-state index in [0.29, 0.717) is 78.2 Å². The number of rotatable bonds is 17. The first-order chi connectivity index (χ1) is 28.4. The maximum Gasteiger partial charge on any atom is 0.262 e. The number of imide groups is 2. The summed E-state index contributed by atoms with van der Waals surface area (Å²) in [5.74, 6) is -2.40. The van der Waals surface area contributed by atoms with Crippen molar-refractivity contribution in [3.8, 4) is 0 Å². The Bertz CT molecular complexity index is 2310. The van der Waals surface area contributed by atoms with Crippen LogP contribution in [0, 0.1) is 12.3 Å². The number of nitrogens with zero attached hydrogens (tertiary/aromatic N) is 4. The van der Waals surface area contributed by atoms with Crippen LogP contribution in [0.5, 0.6) is 0 Å². The van der Waals surface area contributed by atoms with Gasteiger partial charge >= 0.3 is 0 Å². The SMILES string of the molecule is Cc1cccc(Nc2nc(NC3CCN(S(=O)(=O)CCNC(=O)CCCCC(C)(C)Cc4cccc5c4C(=O)N(C4CCC(=O)NC4=O)C5=O)CC3)ncc2Br)c1C(N)=O. The molecule has 0 spiro atoms. The zero-order valence-corrected chi connectivity index (χ0v) is 36.2. The van der Waals surface area contributed by atoms with Crippen molar-refractivity contribution in [3.05, 3.63) is 74.9 Å². The molecule has 1 unspecified atom stereocenters. The first-order valence-electron chi connectivity index (χ1n) is 20.0. The number of unbranched alkanes of at least 4 members (excludes halogenated alkanes) is 1. The molecule has 0 bridgehead atoms. The van der Waals surface area contributed by atoms with Crippen molar-refractivity contribution in [2.45, 2.75) is 90.6 Å². The molecule has 17 nitrogen and oxygen atoms in total. The summed E-state index contributed by atoms with van der Waals surface area (Å²) < 4.78 is 28.3. The first kappa shape index (κ1) is 44.3. The summed E-state index contributed by atoms with van der Waals surface area (Å²) >= 11 is 3.45. The van der Waals surface area contributed by atoms with Gasteiger partial charge in [-0.3, -0.25) is 39.0 Å². The molecule has 2 fully saturated rings. The summed E-state index contributed by atoms with van der Waals surface area (Å²) in [6.45, 7) is 6.48. The van der Waals surface area contributed by atoms with Gasteiger partial charge in [-0.1, -0.05) is 44.5 Å². The van der Waals surface area contributed by atoms with E-state index in [2.05, 4.69) is 47.2 Å². The molecule has 1 aromatic heterocycles. The molecule has 6 amide bonds. The number of sulfonamides is 1. The Morgan fingerprint density at radius 1 is 1.02 bits per heavy atom. The van der Waals surface area contributed by atoms with Crippen molar-refractivity contribution in [2.75, 3.05) is 36.0 Å². The molecule has 3 aromatic rings. The number of hydrogen-bond donors (Lipinski definition) is 5. The lowest BCUT2D eigenvalue weighted by molar-refractivity contribution is -0.136. The van der Waals surface area contributed by atoms with Crippen LogP contribution in [0.3, 0.4) is 0 Å². The van der Waals surface area contributed by atoms with Gasteiger partial charge in [0.05, 0.1) is 32.6 Å². The highest BCUT2D eigenvalue weighted by molar-refractivity contribution is 9.10. The molecule has 320 valence electrons. The third-order valence-electron chi connectivity index (χ3n) is 11.1. The van der Waals surface area contributed by atoms with Crippen molar-refractivity contribution < 1.29 is 37.2 Å². The van der Waals surface area contributed by atoms with Gasteiger partial charge in [0.25, 0.3) is 17.7 Å². The number of anilines is 3. The van der Waals surface area contributed by atoms with Crippen LogP contribution in [0.15, 0.2) is 47.1 Å². The van der Waals surface area contributed by atoms with Crippen molar-refractivity contribution in [1.29, 1.82) is 0 Å². The van der Waals surface area contributed by atoms with Gasteiger partial charge in [0.15, 0.2) is 0 Å². The van der Waals surface area contributed by atoms with Crippen LogP contribution in [-0.4, -0.2) is 101 Å². The molecule has 2 aromatic carbocycles. The molecule has 2 saturated heterocycles. The summed E-state index contributed by atoms with van der Waals surface area (Å²) in [5.41, 5.74) is 8.14. The topological polar surface area (TPSA) is 243 Å². The lowest BCUT2D eigenvalue weighted by Gasteiger charge is -2.31. The van der Waals surface area contributed by atoms with Crippen LogP contribution in [0.2, 0.25) is 0 Å². The number of halogens is 1. The van der Waals surface area contributed by atoms with Gasteiger partial charge in [0.1, 0.15) is 11.9 Å². The van der Waals surface area contributed by atoms with Crippen LogP contribution in [0.1, 0.15) is 107 Å². The number of piperidine rings is 2. The zero-order chi connectivity index (χ0) is 43.4. The van der Waals surface area contributed by atoms with Crippen molar-refractivity contribution in [3.63, 3.8) is 0 Å². The molecule has 6 rings (SSSR count). The number of primary amides is 1. The van der Waals surface area contributed by atoms with Gasteiger partial charge in [-0.05, 0) is 90.1 Å². The predicted octanol–water partition coefficient (Wildman–Crippen LogP) is 3.94. The minimum absolute atomic E-state index is 0.00649. The highest BCUT2D eigenvalue weighted by atomic mass is 79.9. The molecule has 6 N–H and O–H groups in total. The smallest absolute Gasteiger partial charge is 0.262 e. The summed E-state index contributed by atoms with van der Waals surface area (Å²) in [5, 5.41) is 11.4. The summed E-state index contributed by atoms with van der Waals surface area (Å²) in [6, 6.07) is 9.34. The summed E-state index contributed by atoms with van der Waals surface area (Å²) in [7, 11) is -3.61. The Hall–Kier alpha value is -5.27. The molecule has 4 heterocycles. The number of fused-ring (bicyclic) bond motifs is 1. The second kappa shape index (κ2) is 18.6. The fourth-order valence-electron chi connectivity index (χ4n) is 7.97. The predicted molar refractivity (Wildman–Crippen MR) is 227 cm³/mol. The Kier molecular flexibility index (Phi) is 13.7. The molecule has 60 heavy (non-hydrogen) atoms. The van der Waals surface area contributed by atoms with E-state index in [-0.39, 0.29) is 60.1 Å². The van der Waals surface area contributed by atoms with E-state index < -0.39 is 45.6 Å². The molecule has 0 radical (unpaired) electrons. The van der Waals surface area contributed by atoms with Gasteiger partial charge < -0.3 is 21.7 Å². The van der Waals surface area contributed by atoms with Crippen LogP contribution >= 0.6 is 15.9 Å². The van der Waals surface area contributed by atoms with Gasteiger partial charge in [-0.25, -0.2) is 17.7 Å². The highest BCUT2D eigenvalue weighted by Crippen LogP contribution is 2.35. The number of nitrogens with one attached hydrogen (secondary N) is 4. The minimum atomic E-state index is -3.61. The van der Waals surface area contributed by atoms with Crippen LogP contribution in [0.25, 0.3) is 0 Å². The van der Waals surface area contributed by atoms with E-state index >= 15 is 0 Å². The number of nitrogens with two attached hydrogens (primary N) is 1. The molecular weight excluding hydrogens is 858 g/mol. The standard InChI is InChI=1S/C41H50BrN9O8S/c1-24-8-6-11-29(33(24)35(43)54)47-36-28(42)23-45-40(49-36)46-26-15-19-50(20-16-26)60(58,59)21-18-44-31(52)12-4-5-17-41(2,3)22-25-9-7-10-27-34(25)39(57)51(38(27)56)30-13-14-32(53)48-37(30)55/h6-11,23,26,30H,4-5,12-22H2,1-3H3,(H2,43,54)(H,44,52)(H,48,53,55)(H2,45,46,47,49). The van der Waals surface area contributed by atoms with Crippen LogP contribution < -0.4 is 27.0 Å². The first-order valence-corrected chi connectivity index (χ1v) is 22.4. The molecule has 0 saturated carbocycles. The molecular formula is C41H50BrN9O8S. The lowest BCUT2D eigenvalue weighted by Crippen LogP contribution is -2.54. The fourth-order valence-corrected chi connectivity index (χ4v) is 9.65. The van der Waals surface area contributed by atoms with Crippen LogP contribution in [0.4, 0.5) is 17.5 Å². The van der Waals surface area contributed by atoms with E-state index in [1.807, 2.05) is 19.9 Å². The maximum absolute atomic E-state index is 13.5. The zero-order valence-electron chi connectivity index (χ0n) is 33.8. The monoisotopic (exact) mass is 907 g/mol. The Morgan fingerprint density at radius 3 is 2.47 bits per heavy atom. The normalized spacial score (nSPS) is 17.7. The summed E-state index contributed by atoms with van der Waals surface area (Å²) in [6.07, 6.45) is 5.49. The minimum Gasteiger partial charge on any atom is -0.366 e. The highest BCUT2D eigenvalue weighted by Gasteiger charge is 2.45. The number of aromatic nitrogens is 2. The lowest BCUT2D eigenvalue weighted by atomic mass is 9.79. The third-order valence-corrected chi connectivity index (χ3v) is 13.6. The van der Waals surface area contributed by atoms with Crippen molar-refractivity contribution in [2.24, 2.45) is 11.1 Å². The summed E-state index contributed by atoms with van der Waals surface area (Å²) in [4.78, 5) is 85.5. The van der Waals surface area contributed by atoms with Crippen LogP contribution in [-0.2, 0) is 30.8 Å². The Balaban J connectivity index is 0.907. The van der Waals surface area contributed by atoms with Gasteiger partial charge in [0, 0.05) is 44.7 Å². The molecule has 0 aliphatic carbocycles. The quantitative estimate of drug-likeness (QED) is 0.0956. The van der Waals surface area contributed by atoms with Crippen molar-refractivity contribution in [1.82, 2.24) is 29.8 Å². The molecule has 3 aliphatic rings. The number of carbonyl (C=O) groups is 6. The number of carbonyl (C=O) groups excluding carboxylic acids is 6. The molecule has 3 aliphatic heterocycles.